The van der Waals surface area contributed by atoms with Crippen LogP contribution in [-0.2, 0) is 22.6 Å². The molecule has 7 heteroatoms. The van der Waals surface area contributed by atoms with Gasteiger partial charge in [0, 0.05) is 19.0 Å². The summed E-state index contributed by atoms with van der Waals surface area (Å²) >= 11 is 1.37. The van der Waals surface area contributed by atoms with Gasteiger partial charge in [-0.3, -0.25) is 9.36 Å². The zero-order valence-corrected chi connectivity index (χ0v) is 18.1. The first kappa shape index (κ1) is 21.1. The van der Waals surface area contributed by atoms with Crippen molar-refractivity contribution >= 4 is 28.4 Å². The van der Waals surface area contributed by atoms with Crippen LogP contribution in [0.4, 0.5) is 0 Å². The van der Waals surface area contributed by atoms with Crippen molar-refractivity contribution in [2.45, 2.75) is 18.2 Å². The average molecular weight is 433 g/mol. The van der Waals surface area contributed by atoms with Crippen LogP contribution in [0.2, 0.25) is 0 Å². The van der Waals surface area contributed by atoms with Crippen LogP contribution in [0.25, 0.3) is 16.5 Å². The van der Waals surface area contributed by atoms with Crippen molar-refractivity contribution < 1.29 is 9.53 Å². The highest BCUT2D eigenvalue weighted by molar-refractivity contribution is 7.99. The molecule has 0 saturated heterocycles. The first-order valence-electron chi connectivity index (χ1n) is 10.1. The molecule has 1 aromatic heterocycles. The number of hydrogen-bond donors (Lipinski definition) is 1. The number of nitrogens with zero attached hydrogens (tertiary/aromatic N) is 3. The molecule has 4 rings (SSSR count). The highest BCUT2D eigenvalue weighted by Gasteiger charge is 2.17. The molecule has 0 atom stereocenters. The van der Waals surface area contributed by atoms with Gasteiger partial charge in [-0.15, -0.1) is 10.2 Å². The van der Waals surface area contributed by atoms with E-state index >= 15 is 0 Å². The topological polar surface area (TPSA) is 69.0 Å². The van der Waals surface area contributed by atoms with Crippen molar-refractivity contribution in [3.8, 4) is 5.69 Å². The lowest BCUT2D eigenvalue weighted by molar-refractivity contribution is -0.118. The Morgan fingerprint density at radius 2 is 1.77 bits per heavy atom. The highest BCUT2D eigenvalue weighted by atomic mass is 32.2. The van der Waals surface area contributed by atoms with Crippen LogP contribution in [0.3, 0.4) is 0 Å². The summed E-state index contributed by atoms with van der Waals surface area (Å²) in [6, 6.07) is 24.4. The lowest BCUT2D eigenvalue weighted by Crippen LogP contribution is -2.27. The third-order valence-electron chi connectivity index (χ3n) is 4.89. The molecule has 0 aliphatic carbocycles. The molecule has 0 unspecified atom stereocenters. The Morgan fingerprint density at radius 3 is 2.61 bits per heavy atom. The summed E-state index contributed by atoms with van der Waals surface area (Å²) in [5.41, 5.74) is 2.18. The molecule has 1 amide bonds. The lowest BCUT2D eigenvalue weighted by atomic mass is 10.1. The average Bonchev–Trinajstić information content (AvgIpc) is 3.20. The molecule has 6 nitrogen and oxygen atoms in total. The predicted molar refractivity (Wildman–Crippen MR) is 123 cm³/mol. The number of methoxy groups -OCH3 is 1. The van der Waals surface area contributed by atoms with E-state index in [2.05, 4.69) is 45.8 Å². The van der Waals surface area contributed by atoms with Crippen LogP contribution in [0.1, 0.15) is 11.4 Å². The van der Waals surface area contributed by atoms with E-state index in [1.165, 1.54) is 17.3 Å². The first-order valence-corrected chi connectivity index (χ1v) is 11.1. The van der Waals surface area contributed by atoms with E-state index in [0.717, 1.165) is 22.9 Å². The highest BCUT2D eigenvalue weighted by Crippen LogP contribution is 2.28. The van der Waals surface area contributed by atoms with Gasteiger partial charge in [0.15, 0.2) is 11.0 Å². The Kier molecular flexibility index (Phi) is 6.96. The van der Waals surface area contributed by atoms with E-state index in [1.54, 1.807) is 7.11 Å². The minimum absolute atomic E-state index is 0.0262. The number of fused-ring (bicyclic) bond motifs is 1. The molecule has 0 spiro atoms. The van der Waals surface area contributed by atoms with Crippen LogP contribution in [0, 0.1) is 0 Å². The van der Waals surface area contributed by atoms with Gasteiger partial charge in [0.1, 0.15) is 6.61 Å². The van der Waals surface area contributed by atoms with Crippen molar-refractivity contribution in [1.29, 1.82) is 0 Å². The summed E-state index contributed by atoms with van der Waals surface area (Å²) in [7, 11) is 1.63. The standard InChI is InChI=1S/C24H24N4O2S/c1-30-16-22-26-27-24(28(22)21-13-7-11-19-10-5-6-12-20(19)21)31-17-23(29)25-15-14-18-8-3-2-4-9-18/h2-13H,14-17H2,1H3,(H,25,29). The van der Waals surface area contributed by atoms with Gasteiger partial charge in [0.05, 0.1) is 11.4 Å². The largest absolute Gasteiger partial charge is 0.377 e. The van der Waals surface area contributed by atoms with Crippen LogP contribution in [0.5, 0.6) is 0 Å². The number of rotatable bonds is 9. The van der Waals surface area contributed by atoms with Crippen molar-refractivity contribution in [2.75, 3.05) is 19.4 Å². The van der Waals surface area contributed by atoms with Crippen molar-refractivity contribution in [1.82, 2.24) is 20.1 Å². The minimum atomic E-state index is -0.0262. The summed E-state index contributed by atoms with van der Waals surface area (Å²) < 4.78 is 7.30. The fourth-order valence-corrected chi connectivity index (χ4v) is 4.23. The third kappa shape index (κ3) is 5.13. The fraction of sp³-hybridized carbons (Fsp3) is 0.208. The molecule has 0 fully saturated rings. The number of benzene rings is 3. The monoisotopic (exact) mass is 432 g/mol. The van der Waals surface area contributed by atoms with Crippen LogP contribution < -0.4 is 5.32 Å². The van der Waals surface area contributed by atoms with Crippen LogP contribution in [0.15, 0.2) is 78.0 Å². The van der Waals surface area contributed by atoms with Gasteiger partial charge >= 0.3 is 0 Å². The second-order valence-electron chi connectivity index (χ2n) is 7.04. The predicted octanol–water partition coefficient (Wildman–Crippen LogP) is 4.02. The summed E-state index contributed by atoms with van der Waals surface area (Å²) in [5.74, 6) is 0.942. The Bertz CT molecular complexity index is 1160. The molecule has 0 aliphatic heterocycles. The summed E-state index contributed by atoms with van der Waals surface area (Å²) in [5, 5.41) is 14.5. The Morgan fingerprint density at radius 1 is 1.00 bits per heavy atom. The Balaban J connectivity index is 1.48. The second-order valence-corrected chi connectivity index (χ2v) is 7.98. The number of aromatic nitrogens is 3. The Hall–Kier alpha value is -3.16. The van der Waals surface area contributed by atoms with Gasteiger partial charge in [-0.1, -0.05) is 78.5 Å². The maximum absolute atomic E-state index is 12.4. The Labute approximate surface area is 185 Å². The zero-order chi connectivity index (χ0) is 21.5. The van der Waals surface area contributed by atoms with Crippen LogP contribution >= 0.6 is 11.8 Å². The molecule has 4 aromatic rings. The van der Waals surface area contributed by atoms with E-state index < -0.39 is 0 Å². The van der Waals surface area contributed by atoms with Crippen LogP contribution in [-0.4, -0.2) is 40.1 Å². The maximum Gasteiger partial charge on any atom is 0.230 e. The van der Waals surface area contributed by atoms with E-state index in [9.17, 15) is 4.79 Å². The quantitative estimate of drug-likeness (QED) is 0.405. The van der Waals surface area contributed by atoms with Gasteiger partial charge in [0.25, 0.3) is 0 Å². The first-order chi connectivity index (χ1) is 15.3. The molecule has 0 aliphatic rings. The smallest absolute Gasteiger partial charge is 0.230 e. The molecular weight excluding hydrogens is 408 g/mol. The molecule has 0 bridgehead atoms. The molecule has 158 valence electrons. The zero-order valence-electron chi connectivity index (χ0n) is 17.3. The number of ether oxygens (including phenoxy) is 1. The molecule has 31 heavy (non-hydrogen) atoms. The summed E-state index contributed by atoms with van der Waals surface area (Å²) in [6.07, 6.45) is 0.807. The van der Waals surface area contributed by atoms with Gasteiger partial charge in [-0.25, -0.2) is 0 Å². The number of carbonyl (C=O) groups excluding carboxylic acids is 1. The molecule has 1 heterocycles. The van der Waals surface area contributed by atoms with Gasteiger partial charge in [-0.2, -0.15) is 0 Å². The fourth-order valence-electron chi connectivity index (χ4n) is 3.43. The maximum atomic E-state index is 12.4. The number of thioether (sulfide) groups is 1. The van der Waals surface area contributed by atoms with Gasteiger partial charge in [-0.05, 0) is 23.4 Å². The van der Waals surface area contributed by atoms with E-state index in [4.69, 9.17) is 4.74 Å². The SMILES string of the molecule is COCc1nnc(SCC(=O)NCCc2ccccc2)n1-c1cccc2ccccc12. The molecule has 3 aromatic carbocycles. The number of nitrogens with one attached hydrogen (secondary N) is 1. The minimum Gasteiger partial charge on any atom is -0.377 e. The number of amides is 1. The number of carbonyl (C=O) groups is 1. The van der Waals surface area contributed by atoms with Crippen molar-refractivity contribution in [3.05, 3.63) is 84.2 Å². The van der Waals surface area contributed by atoms with Crippen molar-refractivity contribution in [3.63, 3.8) is 0 Å². The summed E-state index contributed by atoms with van der Waals surface area (Å²) in [4.78, 5) is 12.4. The van der Waals surface area contributed by atoms with E-state index in [1.807, 2.05) is 47.0 Å². The third-order valence-corrected chi connectivity index (χ3v) is 5.82. The van der Waals surface area contributed by atoms with Gasteiger partial charge in [0.2, 0.25) is 5.91 Å². The van der Waals surface area contributed by atoms with Crippen molar-refractivity contribution in [2.24, 2.45) is 0 Å². The normalized spacial score (nSPS) is 11.0. The van der Waals surface area contributed by atoms with Gasteiger partial charge < -0.3 is 10.1 Å². The summed E-state index contributed by atoms with van der Waals surface area (Å²) in [6.45, 7) is 0.939. The van der Waals surface area contributed by atoms with E-state index in [-0.39, 0.29) is 11.7 Å². The molecular formula is C24H24N4O2S. The van der Waals surface area contributed by atoms with E-state index in [0.29, 0.717) is 24.1 Å². The second kappa shape index (κ2) is 10.2. The molecule has 1 N–H and O–H groups in total. The molecule has 0 radical (unpaired) electrons. The molecule has 0 saturated carbocycles. The lowest BCUT2D eigenvalue weighted by Gasteiger charge is -2.13. The number of hydrogen-bond acceptors (Lipinski definition) is 5.